The van der Waals surface area contributed by atoms with Crippen molar-refractivity contribution in [3.05, 3.63) is 61.1 Å². The van der Waals surface area contributed by atoms with Crippen molar-refractivity contribution in [2.75, 3.05) is 24.6 Å². The molecule has 0 unspecified atom stereocenters. The van der Waals surface area contributed by atoms with Gasteiger partial charge in [-0.3, -0.25) is 9.97 Å². The number of piperidine rings is 1. The SMILES string of the molecule is C=Cc1ccc(-c2nn(COCC[Si](C)(C)C)c3cnc(-c4cccnc4)cc23)nc1N1CCC[C@H](NC(=O)OC(C)(C)C)C1. The molecule has 5 rings (SSSR count). The zero-order valence-electron chi connectivity index (χ0n) is 27.3. The van der Waals surface area contributed by atoms with Crippen LogP contribution in [-0.4, -0.2) is 70.2 Å². The van der Waals surface area contributed by atoms with Crippen molar-refractivity contribution >= 4 is 37.0 Å². The van der Waals surface area contributed by atoms with Crippen LogP contribution in [0.1, 0.15) is 39.2 Å². The Balaban J connectivity index is 1.48. The number of nitrogens with one attached hydrogen (secondary N) is 1. The van der Waals surface area contributed by atoms with Crippen molar-refractivity contribution in [1.29, 1.82) is 0 Å². The number of anilines is 1. The van der Waals surface area contributed by atoms with E-state index in [4.69, 9.17) is 24.5 Å². The molecule has 4 aromatic heterocycles. The van der Waals surface area contributed by atoms with Crippen molar-refractivity contribution in [2.24, 2.45) is 0 Å². The average Bonchev–Trinajstić information content (AvgIpc) is 3.36. The van der Waals surface area contributed by atoms with Gasteiger partial charge in [0.15, 0.2) is 0 Å². The lowest BCUT2D eigenvalue weighted by atomic mass is 10.0. The van der Waals surface area contributed by atoms with Crippen molar-refractivity contribution in [3.63, 3.8) is 0 Å². The maximum absolute atomic E-state index is 12.5. The van der Waals surface area contributed by atoms with E-state index in [2.05, 4.69) is 47.5 Å². The Morgan fingerprint density at radius 1 is 1.18 bits per heavy atom. The van der Waals surface area contributed by atoms with E-state index in [1.54, 1.807) is 6.20 Å². The van der Waals surface area contributed by atoms with Gasteiger partial charge in [-0.2, -0.15) is 5.10 Å². The second-order valence-corrected chi connectivity index (χ2v) is 19.4. The monoisotopic (exact) mass is 627 g/mol. The third kappa shape index (κ3) is 8.34. The molecule has 1 atom stereocenters. The first kappa shape index (κ1) is 32.3. The summed E-state index contributed by atoms with van der Waals surface area (Å²) in [5.41, 5.74) is 4.48. The highest BCUT2D eigenvalue weighted by molar-refractivity contribution is 6.76. The van der Waals surface area contributed by atoms with Gasteiger partial charge in [-0.15, -0.1) is 0 Å². The smallest absolute Gasteiger partial charge is 0.407 e. The van der Waals surface area contributed by atoms with Crippen LogP contribution in [0.25, 0.3) is 39.6 Å². The summed E-state index contributed by atoms with van der Waals surface area (Å²) < 4.78 is 13.5. The first-order valence-electron chi connectivity index (χ1n) is 15.6. The normalized spacial score (nSPS) is 15.7. The Bertz CT molecular complexity index is 1640. The highest BCUT2D eigenvalue weighted by atomic mass is 28.3. The van der Waals surface area contributed by atoms with Crippen LogP contribution in [0.4, 0.5) is 10.6 Å². The molecule has 0 bridgehead atoms. The summed E-state index contributed by atoms with van der Waals surface area (Å²) in [4.78, 5) is 28.9. The molecule has 1 N–H and O–H groups in total. The number of aromatic nitrogens is 5. The molecule has 0 spiro atoms. The van der Waals surface area contributed by atoms with E-state index >= 15 is 0 Å². The minimum atomic E-state index is -1.22. The van der Waals surface area contributed by atoms with Crippen LogP contribution in [0, 0.1) is 0 Å². The van der Waals surface area contributed by atoms with Gasteiger partial charge in [0.05, 0.1) is 23.1 Å². The summed E-state index contributed by atoms with van der Waals surface area (Å²) in [5.74, 6) is 0.814. The fraction of sp³-hybridized carbons (Fsp3) is 0.441. The summed E-state index contributed by atoms with van der Waals surface area (Å²) in [6.07, 6.45) is 8.62. The number of nitrogens with zero attached hydrogens (tertiary/aromatic N) is 6. The minimum absolute atomic E-state index is 0.0572. The van der Waals surface area contributed by atoms with E-state index < -0.39 is 19.8 Å². The Labute approximate surface area is 266 Å². The van der Waals surface area contributed by atoms with Gasteiger partial charge in [0.2, 0.25) is 0 Å². The molecule has 0 aromatic carbocycles. The van der Waals surface area contributed by atoms with Crippen molar-refractivity contribution in [1.82, 2.24) is 30.0 Å². The number of fused-ring (bicyclic) bond motifs is 1. The van der Waals surface area contributed by atoms with E-state index in [1.165, 1.54) is 0 Å². The summed E-state index contributed by atoms with van der Waals surface area (Å²) in [7, 11) is -1.22. The molecule has 10 nitrogen and oxygen atoms in total. The number of ether oxygens (including phenoxy) is 2. The quantitative estimate of drug-likeness (QED) is 0.148. The summed E-state index contributed by atoms with van der Waals surface area (Å²) >= 11 is 0. The van der Waals surface area contributed by atoms with Crippen LogP contribution >= 0.6 is 0 Å². The Hall–Kier alpha value is -4.09. The third-order valence-corrected chi connectivity index (χ3v) is 9.32. The highest BCUT2D eigenvalue weighted by Crippen LogP contribution is 2.33. The molecule has 1 aliphatic heterocycles. The number of amides is 1. The molecule has 1 saturated heterocycles. The van der Waals surface area contributed by atoms with Crippen molar-refractivity contribution < 1.29 is 14.3 Å². The maximum atomic E-state index is 12.5. The van der Waals surface area contributed by atoms with Gasteiger partial charge < -0.3 is 19.7 Å². The topological polar surface area (TPSA) is 107 Å². The van der Waals surface area contributed by atoms with Crippen LogP contribution in [0.2, 0.25) is 25.7 Å². The van der Waals surface area contributed by atoms with Gasteiger partial charge in [-0.1, -0.05) is 32.3 Å². The maximum Gasteiger partial charge on any atom is 0.407 e. The van der Waals surface area contributed by atoms with Crippen LogP contribution in [0.3, 0.4) is 0 Å². The fourth-order valence-corrected chi connectivity index (χ4v) is 6.08. The number of alkyl carbamates (subject to hydrolysis) is 1. The molecule has 4 aromatic rings. The molecule has 5 heterocycles. The highest BCUT2D eigenvalue weighted by Gasteiger charge is 2.27. The fourth-order valence-electron chi connectivity index (χ4n) is 5.33. The molecular formula is C34H45N7O3Si. The predicted octanol–water partition coefficient (Wildman–Crippen LogP) is 7.00. The average molecular weight is 628 g/mol. The molecule has 1 fully saturated rings. The van der Waals surface area contributed by atoms with Gasteiger partial charge in [-0.05, 0) is 70.0 Å². The third-order valence-electron chi connectivity index (χ3n) is 7.61. The van der Waals surface area contributed by atoms with Crippen molar-refractivity contribution in [3.8, 4) is 22.6 Å². The van der Waals surface area contributed by atoms with E-state index in [9.17, 15) is 4.79 Å². The Morgan fingerprint density at radius 3 is 2.71 bits per heavy atom. The first-order chi connectivity index (χ1) is 21.4. The number of hydrogen-bond donors (Lipinski definition) is 1. The second kappa shape index (κ2) is 13.5. The van der Waals surface area contributed by atoms with Gasteiger partial charge >= 0.3 is 6.09 Å². The van der Waals surface area contributed by atoms with E-state index in [1.807, 2.05) is 68.2 Å². The molecule has 11 heteroatoms. The lowest BCUT2D eigenvalue weighted by molar-refractivity contribution is 0.0500. The minimum Gasteiger partial charge on any atom is -0.444 e. The van der Waals surface area contributed by atoms with Crippen LogP contribution < -0.4 is 10.2 Å². The molecular weight excluding hydrogens is 583 g/mol. The lowest BCUT2D eigenvalue weighted by Gasteiger charge is -2.35. The number of carbonyl (C=O) groups is 1. The number of hydrogen-bond acceptors (Lipinski definition) is 8. The van der Waals surface area contributed by atoms with E-state index in [-0.39, 0.29) is 6.04 Å². The predicted molar refractivity (Wildman–Crippen MR) is 183 cm³/mol. The molecule has 0 radical (unpaired) electrons. The van der Waals surface area contributed by atoms with Crippen LogP contribution in [0.5, 0.6) is 0 Å². The Morgan fingerprint density at radius 2 is 2.00 bits per heavy atom. The molecule has 45 heavy (non-hydrogen) atoms. The van der Waals surface area contributed by atoms with Gasteiger partial charge in [-0.25, -0.2) is 14.5 Å². The van der Waals surface area contributed by atoms with Crippen LogP contribution in [0.15, 0.2) is 55.5 Å². The number of pyridine rings is 3. The van der Waals surface area contributed by atoms with Crippen molar-refractivity contribution in [2.45, 2.75) is 77.7 Å². The zero-order chi connectivity index (χ0) is 32.2. The molecule has 1 amide bonds. The molecule has 0 saturated carbocycles. The zero-order valence-corrected chi connectivity index (χ0v) is 28.3. The first-order valence-corrected chi connectivity index (χ1v) is 19.3. The van der Waals surface area contributed by atoms with Gasteiger partial charge in [0, 0.05) is 62.7 Å². The summed E-state index contributed by atoms with van der Waals surface area (Å²) in [5, 5.41) is 9.01. The number of carbonyl (C=O) groups excluding carboxylic acids is 1. The largest absolute Gasteiger partial charge is 0.444 e. The molecule has 1 aliphatic rings. The standard InChI is InChI=1S/C34H45N7O3Si/c1-8-24-13-14-28(38-32(24)40-16-10-12-26(22-40)37-33(42)44-34(2,3)4)31-27-19-29(25-11-9-15-35-20-25)36-21-30(27)41(39-31)23-43-17-18-45(5,6)7/h8-9,11,13-15,19-21,26H,1,10,12,16-18,22-23H2,2-7H3,(H,37,42)/t26-/m0/s1. The summed E-state index contributed by atoms with van der Waals surface area (Å²) in [6.45, 7) is 19.1. The van der Waals surface area contributed by atoms with Gasteiger partial charge in [0.1, 0.15) is 23.8 Å². The van der Waals surface area contributed by atoms with E-state index in [0.717, 1.165) is 70.4 Å². The van der Waals surface area contributed by atoms with Gasteiger partial charge in [0.25, 0.3) is 0 Å². The number of rotatable bonds is 10. The Kier molecular flexibility index (Phi) is 9.69. The lowest BCUT2D eigenvalue weighted by Crippen LogP contribution is -2.49. The van der Waals surface area contributed by atoms with Crippen LogP contribution in [-0.2, 0) is 16.2 Å². The molecule has 0 aliphatic carbocycles. The summed E-state index contributed by atoms with van der Waals surface area (Å²) in [6, 6.07) is 11.0. The molecule has 238 valence electrons. The van der Waals surface area contributed by atoms with E-state index in [0.29, 0.717) is 19.9 Å². The second-order valence-electron chi connectivity index (χ2n) is 13.8.